The van der Waals surface area contributed by atoms with Crippen molar-refractivity contribution in [2.75, 3.05) is 38.2 Å². The summed E-state index contributed by atoms with van der Waals surface area (Å²) in [5.41, 5.74) is 2.29. The van der Waals surface area contributed by atoms with Crippen molar-refractivity contribution >= 4 is 26.7 Å². The zero-order valence-electron chi connectivity index (χ0n) is 15.3. The standard InChI is InChI=1S/C19H22N4O3S/c1-14-21-19-17(22-12-10-20-11-13-22)4-3-5-18(19)23(14)27(24,25)16-8-6-15(26-2)7-9-16/h3-9,20H,10-13H2,1-2H3. The Balaban J connectivity index is 1.85. The summed E-state index contributed by atoms with van der Waals surface area (Å²) in [4.78, 5) is 7.06. The normalized spacial score (nSPS) is 15.3. The van der Waals surface area contributed by atoms with Gasteiger partial charge < -0.3 is 15.0 Å². The van der Waals surface area contributed by atoms with Crippen molar-refractivity contribution in [1.29, 1.82) is 0 Å². The summed E-state index contributed by atoms with van der Waals surface area (Å²) in [7, 11) is -2.21. The molecule has 4 rings (SSSR count). The van der Waals surface area contributed by atoms with Gasteiger partial charge >= 0.3 is 0 Å². The number of nitrogens with one attached hydrogen (secondary N) is 1. The second kappa shape index (κ2) is 6.86. The van der Waals surface area contributed by atoms with Crippen molar-refractivity contribution in [3.05, 3.63) is 48.3 Å². The van der Waals surface area contributed by atoms with Gasteiger partial charge in [-0.2, -0.15) is 0 Å². The quantitative estimate of drug-likeness (QED) is 0.739. The predicted octanol–water partition coefficient (Wildman–Crippen LogP) is 2.00. The van der Waals surface area contributed by atoms with E-state index in [0.717, 1.165) is 31.9 Å². The molecule has 0 aliphatic carbocycles. The van der Waals surface area contributed by atoms with Gasteiger partial charge in [-0.3, -0.25) is 0 Å². The fourth-order valence-corrected chi connectivity index (χ4v) is 4.98. The lowest BCUT2D eigenvalue weighted by Gasteiger charge is -2.29. The Morgan fingerprint density at radius 3 is 2.44 bits per heavy atom. The van der Waals surface area contributed by atoms with Gasteiger partial charge in [0.05, 0.1) is 23.2 Å². The maximum Gasteiger partial charge on any atom is 0.269 e. The highest BCUT2D eigenvalue weighted by Gasteiger charge is 2.25. The topological polar surface area (TPSA) is 76.5 Å². The number of imidazole rings is 1. The molecule has 1 aliphatic heterocycles. The minimum atomic E-state index is -3.76. The summed E-state index contributed by atoms with van der Waals surface area (Å²) in [6.07, 6.45) is 0. The van der Waals surface area contributed by atoms with E-state index in [1.54, 1.807) is 38.3 Å². The van der Waals surface area contributed by atoms with E-state index < -0.39 is 10.0 Å². The molecule has 0 unspecified atom stereocenters. The Morgan fingerprint density at radius 2 is 1.78 bits per heavy atom. The van der Waals surface area contributed by atoms with E-state index in [0.29, 0.717) is 22.6 Å². The summed E-state index contributed by atoms with van der Waals surface area (Å²) in [6, 6.07) is 12.1. The number of ether oxygens (including phenoxy) is 1. The first-order valence-electron chi connectivity index (χ1n) is 8.86. The minimum Gasteiger partial charge on any atom is -0.497 e. The second-order valence-electron chi connectivity index (χ2n) is 6.49. The van der Waals surface area contributed by atoms with Gasteiger partial charge in [0.25, 0.3) is 10.0 Å². The highest BCUT2D eigenvalue weighted by Crippen LogP contribution is 2.30. The lowest BCUT2D eigenvalue weighted by molar-refractivity contribution is 0.414. The molecule has 0 radical (unpaired) electrons. The van der Waals surface area contributed by atoms with Crippen LogP contribution in [0.4, 0.5) is 5.69 Å². The molecule has 7 nitrogen and oxygen atoms in total. The van der Waals surface area contributed by atoms with Gasteiger partial charge in [0, 0.05) is 26.2 Å². The Labute approximate surface area is 158 Å². The van der Waals surface area contributed by atoms with E-state index in [-0.39, 0.29) is 4.90 Å². The highest BCUT2D eigenvalue weighted by atomic mass is 32.2. The minimum absolute atomic E-state index is 0.207. The van der Waals surface area contributed by atoms with Gasteiger partial charge in [-0.25, -0.2) is 17.4 Å². The van der Waals surface area contributed by atoms with Gasteiger partial charge in [-0.05, 0) is 43.3 Å². The van der Waals surface area contributed by atoms with Crippen LogP contribution in [0.15, 0.2) is 47.4 Å². The van der Waals surface area contributed by atoms with Gasteiger partial charge in [0.2, 0.25) is 0 Å². The molecule has 142 valence electrons. The van der Waals surface area contributed by atoms with E-state index in [2.05, 4.69) is 15.2 Å². The zero-order valence-corrected chi connectivity index (χ0v) is 16.2. The van der Waals surface area contributed by atoms with E-state index in [4.69, 9.17) is 4.74 Å². The summed E-state index contributed by atoms with van der Waals surface area (Å²) in [6.45, 7) is 5.27. The first-order chi connectivity index (χ1) is 13.0. The molecule has 0 bridgehead atoms. The molecule has 27 heavy (non-hydrogen) atoms. The van der Waals surface area contributed by atoms with Crippen molar-refractivity contribution in [1.82, 2.24) is 14.3 Å². The van der Waals surface area contributed by atoms with Crippen LogP contribution < -0.4 is 15.0 Å². The van der Waals surface area contributed by atoms with E-state index in [1.165, 1.54) is 3.97 Å². The number of nitrogens with zero attached hydrogens (tertiary/aromatic N) is 3. The maximum atomic E-state index is 13.3. The van der Waals surface area contributed by atoms with Crippen molar-refractivity contribution < 1.29 is 13.2 Å². The Morgan fingerprint density at radius 1 is 1.07 bits per heavy atom. The van der Waals surface area contributed by atoms with Crippen LogP contribution in [-0.4, -0.2) is 50.7 Å². The predicted molar refractivity (Wildman–Crippen MR) is 105 cm³/mol. The molecule has 3 aromatic rings. The van der Waals surface area contributed by atoms with Crippen LogP contribution in [0.3, 0.4) is 0 Å². The molecular weight excluding hydrogens is 364 g/mol. The van der Waals surface area contributed by atoms with Crippen LogP contribution in [0.5, 0.6) is 5.75 Å². The second-order valence-corrected chi connectivity index (χ2v) is 8.27. The molecule has 1 saturated heterocycles. The fourth-order valence-electron chi connectivity index (χ4n) is 3.50. The number of hydrogen-bond acceptors (Lipinski definition) is 6. The van der Waals surface area contributed by atoms with Gasteiger partial charge in [-0.15, -0.1) is 0 Å². The third-order valence-corrected chi connectivity index (χ3v) is 6.64. The molecule has 0 saturated carbocycles. The number of fused-ring (bicyclic) bond motifs is 1. The lowest BCUT2D eigenvalue weighted by Crippen LogP contribution is -2.43. The summed E-state index contributed by atoms with van der Waals surface area (Å²) >= 11 is 0. The Hall–Kier alpha value is -2.58. The maximum absolute atomic E-state index is 13.3. The van der Waals surface area contributed by atoms with Gasteiger partial charge in [-0.1, -0.05) is 6.07 Å². The first kappa shape index (κ1) is 17.8. The molecule has 2 aromatic carbocycles. The Kier molecular flexibility index (Phi) is 4.53. The van der Waals surface area contributed by atoms with Crippen molar-refractivity contribution in [3.63, 3.8) is 0 Å². The summed E-state index contributed by atoms with van der Waals surface area (Å²) in [5, 5.41) is 3.33. The molecule has 0 spiro atoms. The molecule has 0 amide bonds. The number of piperazine rings is 1. The molecule has 1 aliphatic rings. The number of rotatable bonds is 4. The zero-order chi connectivity index (χ0) is 19.0. The molecule has 1 fully saturated rings. The first-order valence-corrected chi connectivity index (χ1v) is 10.3. The molecular formula is C19H22N4O3S. The van der Waals surface area contributed by atoms with Crippen molar-refractivity contribution in [2.24, 2.45) is 0 Å². The highest BCUT2D eigenvalue weighted by molar-refractivity contribution is 7.90. The lowest BCUT2D eigenvalue weighted by atomic mass is 10.2. The largest absolute Gasteiger partial charge is 0.497 e. The van der Waals surface area contributed by atoms with Crippen LogP contribution in [0.1, 0.15) is 5.82 Å². The monoisotopic (exact) mass is 386 g/mol. The van der Waals surface area contributed by atoms with Crippen LogP contribution >= 0.6 is 0 Å². The SMILES string of the molecule is COc1ccc(S(=O)(=O)n2c(C)nc3c(N4CCNCC4)cccc32)cc1. The smallest absolute Gasteiger partial charge is 0.269 e. The van der Waals surface area contributed by atoms with Crippen LogP contribution in [0, 0.1) is 6.92 Å². The fraction of sp³-hybridized carbons (Fsp3) is 0.316. The third-order valence-electron chi connectivity index (χ3n) is 4.84. The molecule has 1 aromatic heterocycles. The number of aromatic nitrogens is 2. The van der Waals surface area contributed by atoms with Gasteiger partial charge in [0.1, 0.15) is 17.1 Å². The number of aryl methyl sites for hydroxylation is 1. The molecule has 0 atom stereocenters. The number of hydrogen-bond donors (Lipinski definition) is 1. The summed E-state index contributed by atoms with van der Waals surface area (Å²) < 4.78 is 33.0. The molecule has 8 heteroatoms. The number of para-hydroxylation sites is 1. The van der Waals surface area contributed by atoms with Gasteiger partial charge in [0.15, 0.2) is 0 Å². The van der Waals surface area contributed by atoms with Crippen molar-refractivity contribution in [2.45, 2.75) is 11.8 Å². The van der Waals surface area contributed by atoms with E-state index in [1.807, 2.05) is 18.2 Å². The van der Waals surface area contributed by atoms with Crippen LogP contribution in [0.25, 0.3) is 11.0 Å². The van der Waals surface area contributed by atoms with Crippen LogP contribution in [0.2, 0.25) is 0 Å². The average molecular weight is 386 g/mol. The average Bonchev–Trinajstić information content (AvgIpc) is 3.05. The molecule has 2 heterocycles. The van der Waals surface area contributed by atoms with E-state index in [9.17, 15) is 8.42 Å². The molecule has 1 N–H and O–H groups in total. The third kappa shape index (κ3) is 3.04. The number of anilines is 1. The number of methoxy groups -OCH3 is 1. The van der Waals surface area contributed by atoms with Crippen molar-refractivity contribution in [3.8, 4) is 5.75 Å². The Bertz CT molecular complexity index is 1070. The number of benzene rings is 2. The van der Waals surface area contributed by atoms with E-state index >= 15 is 0 Å². The summed E-state index contributed by atoms with van der Waals surface area (Å²) in [5.74, 6) is 1.06. The van der Waals surface area contributed by atoms with Crippen LogP contribution in [-0.2, 0) is 10.0 Å².